The van der Waals surface area contributed by atoms with Gasteiger partial charge in [-0.1, -0.05) is 30.3 Å². The summed E-state index contributed by atoms with van der Waals surface area (Å²) in [6.07, 6.45) is 0. The van der Waals surface area contributed by atoms with Gasteiger partial charge in [0, 0.05) is 11.6 Å². The van der Waals surface area contributed by atoms with Crippen molar-refractivity contribution in [2.45, 2.75) is 4.90 Å². The fourth-order valence-corrected chi connectivity index (χ4v) is 2.71. The highest BCUT2D eigenvalue weighted by Crippen LogP contribution is 2.42. The SMILES string of the molecule is O=[N+]([O-])c1cc(-c2ccccc2)c(SCl)c([N+](=O)[O-])c1. The van der Waals surface area contributed by atoms with Gasteiger partial charge in [0.2, 0.25) is 0 Å². The van der Waals surface area contributed by atoms with Crippen LogP contribution in [-0.4, -0.2) is 9.85 Å². The zero-order chi connectivity index (χ0) is 14.7. The van der Waals surface area contributed by atoms with Crippen LogP contribution < -0.4 is 0 Å². The summed E-state index contributed by atoms with van der Waals surface area (Å²) >= 11 is 0. The van der Waals surface area contributed by atoms with Crippen LogP contribution in [0.5, 0.6) is 0 Å². The Labute approximate surface area is 122 Å². The van der Waals surface area contributed by atoms with Gasteiger partial charge in [-0.05, 0) is 27.2 Å². The van der Waals surface area contributed by atoms with Gasteiger partial charge in [-0.2, -0.15) is 0 Å². The van der Waals surface area contributed by atoms with Crippen LogP contribution in [0.3, 0.4) is 0 Å². The summed E-state index contributed by atoms with van der Waals surface area (Å²) in [6.45, 7) is 0. The van der Waals surface area contributed by atoms with Gasteiger partial charge in [0.15, 0.2) is 0 Å². The highest BCUT2D eigenvalue weighted by Gasteiger charge is 2.24. The molecule has 2 aromatic rings. The minimum Gasteiger partial charge on any atom is -0.258 e. The Kier molecular flexibility index (Phi) is 4.21. The molecule has 0 saturated carbocycles. The predicted octanol–water partition coefficient (Wildman–Crippen LogP) is 4.42. The number of halogens is 1. The number of benzene rings is 2. The molecule has 102 valence electrons. The summed E-state index contributed by atoms with van der Waals surface area (Å²) in [5, 5.41) is 22.0. The Balaban J connectivity index is 2.77. The van der Waals surface area contributed by atoms with Crippen LogP contribution in [-0.2, 0) is 0 Å². The fourth-order valence-electron chi connectivity index (χ4n) is 1.75. The van der Waals surface area contributed by atoms with E-state index in [-0.39, 0.29) is 16.3 Å². The minimum atomic E-state index is -0.676. The Morgan fingerprint density at radius 1 is 1.00 bits per heavy atom. The van der Waals surface area contributed by atoms with Crippen molar-refractivity contribution in [3.05, 3.63) is 62.7 Å². The number of hydrogen-bond donors (Lipinski definition) is 0. The van der Waals surface area contributed by atoms with Gasteiger partial charge < -0.3 is 0 Å². The van der Waals surface area contributed by atoms with Crippen LogP contribution in [0.25, 0.3) is 11.1 Å². The Morgan fingerprint density at radius 2 is 1.65 bits per heavy atom. The third-order valence-electron chi connectivity index (χ3n) is 2.62. The van der Waals surface area contributed by atoms with Crippen LogP contribution >= 0.6 is 21.7 Å². The van der Waals surface area contributed by atoms with Crippen molar-refractivity contribution < 1.29 is 9.85 Å². The Morgan fingerprint density at radius 3 is 2.15 bits per heavy atom. The second kappa shape index (κ2) is 5.89. The van der Waals surface area contributed by atoms with Gasteiger partial charge >= 0.3 is 0 Å². The molecular weight excluding hydrogens is 304 g/mol. The fraction of sp³-hybridized carbons (Fsp3) is 0. The molecule has 0 bridgehead atoms. The van der Waals surface area contributed by atoms with E-state index in [2.05, 4.69) is 0 Å². The maximum atomic E-state index is 11.0. The van der Waals surface area contributed by atoms with E-state index in [9.17, 15) is 20.2 Å². The third-order valence-corrected chi connectivity index (χ3v) is 3.67. The maximum Gasteiger partial charge on any atom is 0.291 e. The van der Waals surface area contributed by atoms with Crippen molar-refractivity contribution in [3.8, 4) is 11.1 Å². The van der Waals surface area contributed by atoms with E-state index in [4.69, 9.17) is 10.7 Å². The van der Waals surface area contributed by atoms with Crippen LogP contribution in [0.1, 0.15) is 0 Å². The topological polar surface area (TPSA) is 86.3 Å². The molecule has 2 rings (SSSR count). The predicted molar refractivity (Wildman–Crippen MR) is 76.9 cm³/mol. The van der Waals surface area contributed by atoms with E-state index in [0.29, 0.717) is 22.1 Å². The standard InChI is InChI=1S/C12H7ClN2O4S/c13-20-12-10(8-4-2-1-3-5-8)6-9(14(16)17)7-11(12)15(18)19/h1-7H. The van der Waals surface area contributed by atoms with Crippen molar-refractivity contribution >= 4 is 33.0 Å². The first-order valence-corrected chi connectivity index (χ1v) is 6.99. The summed E-state index contributed by atoms with van der Waals surface area (Å²) in [5.74, 6) is 0. The zero-order valence-electron chi connectivity index (χ0n) is 9.86. The molecule has 0 saturated heterocycles. The lowest BCUT2D eigenvalue weighted by atomic mass is 10.0. The third kappa shape index (κ3) is 2.73. The zero-order valence-corrected chi connectivity index (χ0v) is 11.4. The molecular formula is C12H7ClN2O4S. The average molecular weight is 311 g/mol. The van der Waals surface area contributed by atoms with Gasteiger partial charge in [0.25, 0.3) is 11.4 Å². The van der Waals surface area contributed by atoms with Crippen LogP contribution in [0.4, 0.5) is 11.4 Å². The number of nitro groups is 2. The molecule has 0 unspecified atom stereocenters. The first-order chi connectivity index (χ1) is 9.54. The first kappa shape index (κ1) is 14.3. The summed E-state index contributed by atoms with van der Waals surface area (Å²) in [7, 11) is 6.38. The lowest BCUT2D eigenvalue weighted by Crippen LogP contribution is -1.96. The first-order valence-electron chi connectivity index (χ1n) is 5.35. The molecule has 0 heterocycles. The van der Waals surface area contributed by atoms with Crippen LogP contribution in [0.2, 0.25) is 0 Å². The van der Waals surface area contributed by atoms with Gasteiger partial charge in [-0.15, -0.1) is 0 Å². The Hall–Kier alpha value is -2.12. The van der Waals surface area contributed by atoms with Crippen LogP contribution in [0, 0.1) is 20.2 Å². The smallest absolute Gasteiger partial charge is 0.258 e. The molecule has 0 aliphatic carbocycles. The van der Waals surface area contributed by atoms with E-state index in [1.54, 1.807) is 30.3 Å². The number of nitrogens with zero attached hydrogens (tertiary/aromatic N) is 2. The lowest BCUT2D eigenvalue weighted by Gasteiger charge is -2.07. The molecule has 0 N–H and O–H groups in total. The molecule has 0 aromatic heterocycles. The molecule has 0 aliphatic rings. The second-order valence-corrected chi connectivity index (χ2v) is 4.82. The van der Waals surface area contributed by atoms with Crippen molar-refractivity contribution in [1.29, 1.82) is 0 Å². The molecule has 0 spiro atoms. The van der Waals surface area contributed by atoms with E-state index in [1.165, 1.54) is 6.07 Å². The van der Waals surface area contributed by atoms with Gasteiger partial charge in [-0.3, -0.25) is 20.2 Å². The Bertz CT molecular complexity index is 679. The lowest BCUT2D eigenvalue weighted by molar-refractivity contribution is -0.395. The number of non-ortho nitro benzene ring substituents is 1. The number of hydrogen-bond acceptors (Lipinski definition) is 5. The van der Waals surface area contributed by atoms with Gasteiger partial charge in [0.05, 0.1) is 15.9 Å². The molecule has 0 aliphatic heterocycles. The van der Waals surface area contributed by atoms with Crippen molar-refractivity contribution in [2.75, 3.05) is 0 Å². The molecule has 2 aromatic carbocycles. The summed E-state index contributed by atoms with van der Waals surface area (Å²) in [6, 6.07) is 10.9. The van der Waals surface area contributed by atoms with Crippen LogP contribution in [0.15, 0.2) is 47.4 Å². The molecule has 0 amide bonds. The number of nitro benzene ring substituents is 2. The van der Waals surface area contributed by atoms with Crippen molar-refractivity contribution in [3.63, 3.8) is 0 Å². The van der Waals surface area contributed by atoms with E-state index in [1.807, 2.05) is 0 Å². The number of rotatable bonds is 4. The van der Waals surface area contributed by atoms with E-state index >= 15 is 0 Å². The second-order valence-electron chi connectivity index (χ2n) is 3.80. The normalized spacial score (nSPS) is 10.2. The summed E-state index contributed by atoms with van der Waals surface area (Å²) < 4.78 is 0. The van der Waals surface area contributed by atoms with Crippen molar-refractivity contribution in [1.82, 2.24) is 0 Å². The minimum absolute atomic E-state index is 0.188. The summed E-state index contributed by atoms with van der Waals surface area (Å²) in [4.78, 5) is 20.8. The monoisotopic (exact) mass is 310 g/mol. The largest absolute Gasteiger partial charge is 0.291 e. The van der Waals surface area contributed by atoms with Crippen molar-refractivity contribution in [2.24, 2.45) is 0 Å². The van der Waals surface area contributed by atoms with E-state index in [0.717, 1.165) is 6.07 Å². The molecule has 6 nitrogen and oxygen atoms in total. The highest BCUT2D eigenvalue weighted by molar-refractivity contribution is 8.21. The molecule has 0 radical (unpaired) electrons. The van der Waals surface area contributed by atoms with Gasteiger partial charge in [-0.25, -0.2) is 0 Å². The summed E-state index contributed by atoms with van der Waals surface area (Å²) in [5.41, 5.74) is 0.275. The highest BCUT2D eigenvalue weighted by atomic mass is 35.7. The molecule has 8 heteroatoms. The van der Waals surface area contributed by atoms with Gasteiger partial charge in [0.1, 0.15) is 4.90 Å². The van der Waals surface area contributed by atoms with E-state index < -0.39 is 9.85 Å². The molecule has 0 fully saturated rings. The molecule has 0 atom stereocenters. The maximum absolute atomic E-state index is 11.0. The molecule has 20 heavy (non-hydrogen) atoms. The average Bonchev–Trinajstić information content (AvgIpc) is 2.46. The quantitative estimate of drug-likeness (QED) is 0.616.